The molecule has 10 heteroatoms. The molecule has 194 valence electrons. The van der Waals surface area contributed by atoms with E-state index in [9.17, 15) is 14.4 Å². The smallest absolute Gasteiger partial charge is 0.251 e. The van der Waals surface area contributed by atoms with Crippen LogP contribution in [0.2, 0.25) is 5.02 Å². The number of rotatable bonds is 8. The van der Waals surface area contributed by atoms with Crippen LogP contribution in [0.1, 0.15) is 48.7 Å². The van der Waals surface area contributed by atoms with E-state index in [0.29, 0.717) is 33.1 Å². The van der Waals surface area contributed by atoms with Gasteiger partial charge >= 0.3 is 0 Å². The number of nitrogens with zero attached hydrogens (tertiary/aromatic N) is 2. The third-order valence-corrected chi connectivity index (χ3v) is 4.83. The summed E-state index contributed by atoms with van der Waals surface area (Å²) in [4.78, 5) is 43.9. The Labute approximate surface area is 221 Å². The summed E-state index contributed by atoms with van der Waals surface area (Å²) in [5, 5.41) is 9.07. The lowest BCUT2D eigenvalue weighted by molar-refractivity contribution is -0.116. The van der Waals surface area contributed by atoms with Gasteiger partial charge in [0.2, 0.25) is 11.8 Å². The maximum absolute atomic E-state index is 12.5. The summed E-state index contributed by atoms with van der Waals surface area (Å²) in [5.74, 6) is -0.979. The van der Waals surface area contributed by atoms with E-state index in [1.807, 2.05) is 0 Å². The molecule has 0 atom stereocenters. The SMILES string of the molecule is CC(=O)N=C(N)c1ccc(CNC(=O)c2cccc(Cl)c2)c(NCC(=O)Nc2cccnc2)c1.CCC. The van der Waals surface area contributed by atoms with Gasteiger partial charge in [0.15, 0.2) is 0 Å². The molecule has 1 heterocycles. The number of pyridine rings is 1. The van der Waals surface area contributed by atoms with E-state index in [4.69, 9.17) is 17.3 Å². The average Bonchev–Trinajstić information content (AvgIpc) is 2.87. The minimum absolute atomic E-state index is 0.0462. The van der Waals surface area contributed by atoms with Crippen LogP contribution >= 0.6 is 11.6 Å². The Morgan fingerprint density at radius 3 is 2.43 bits per heavy atom. The van der Waals surface area contributed by atoms with E-state index >= 15 is 0 Å². The number of amidine groups is 1. The van der Waals surface area contributed by atoms with Crippen molar-refractivity contribution < 1.29 is 14.4 Å². The van der Waals surface area contributed by atoms with Crippen LogP contribution in [0, 0.1) is 0 Å². The Kier molecular flexibility index (Phi) is 11.8. The predicted molar refractivity (Wildman–Crippen MR) is 148 cm³/mol. The fraction of sp³-hybridized carbons (Fsp3) is 0.222. The van der Waals surface area contributed by atoms with Crippen LogP contribution in [0.4, 0.5) is 11.4 Å². The summed E-state index contributed by atoms with van der Waals surface area (Å²) in [6.45, 7) is 5.66. The van der Waals surface area contributed by atoms with Crippen molar-refractivity contribution in [2.75, 3.05) is 17.2 Å². The van der Waals surface area contributed by atoms with Crippen LogP contribution in [0.3, 0.4) is 0 Å². The molecule has 3 amide bonds. The van der Waals surface area contributed by atoms with E-state index in [2.05, 4.69) is 39.8 Å². The fourth-order valence-corrected chi connectivity index (χ4v) is 3.20. The molecule has 0 bridgehead atoms. The quantitative estimate of drug-likeness (QED) is 0.256. The van der Waals surface area contributed by atoms with Crippen LogP contribution in [0.15, 0.2) is 72.0 Å². The first-order chi connectivity index (χ1) is 17.7. The molecule has 5 N–H and O–H groups in total. The van der Waals surface area contributed by atoms with Crippen molar-refractivity contribution in [2.24, 2.45) is 10.7 Å². The Balaban J connectivity index is 0.00000153. The number of hydrogen-bond donors (Lipinski definition) is 4. The monoisotopic (exact) mass is 522 g/mol. The van der Waals surface area contributed by atoms with Crippen molar-refractivity contribution in [3.05, 3.63) is 88.7 Å². The lowest BCUT2D eigenvalue weighted by Gasteiger charge is -2.15. The van der Waals surface area contributed by atoms with E-state index < -0.39 is 5.91 Å². The summed E-state index contributed by atoms with van der Waals surface area (Å²) in [5.41, 5.74) is 8.65. The zero-order valence-corrected chi connectivity index (χ0v) is 21.8. The van der Waals surface area contributed by atoms with Crippen LogP contribution in [0.5, 0.6) is 0 Å². The first kappa shape index (κ1) is 29.0. The summed E-state index contributed by atoms with van der Waals surface area (Å²) >= 11 is 5.96. The molecular weight excluding hydrogens is 492 g/mol. The van der Waals surface area contributed by atoms with Crippen molar-refractivity contribution in [2.45, 2.75) is 33.7 Å². The molecule has 1 aromatic heterocycles. The Bertz CT molecular complexity index is 1250. The number of carbonyl (C=O) groups is 3. The number of nitrogens with one attached hydrogen (secondary N) is 3. The fourth-order valence-electron chi connectivity index (χ4n) is 3.01. The zero-order chi connectivity index (χ0) is 27.2. The highest BCUT2D eigenvalue weighted by atomic mass is 35.5. The normalized spacial score (nSPS) is 10.5. The van der Waals surface area contributed by atoms with Gasteiger partial charge in [0.25, 0.3) is 5.91 Å². The van der Waals surface area contributed by atoms with Crippen LogP contribution in [-0.4, -0.2) is 35.1 Å². The number of anilines is 2. The number of benzene rings is 2. The second kappa shape index (κ2) is 15.0. The minimum atomic E-state index is -0.430. The van der Waals surface area contributed by atoms with Gasteiger partial charge in [-0.1, -0.05) is 50.1 Å². The molecule has 3 rings (SSSR count). The topological polar surface area (TPSA) is 139 Å². The van der Waals surface area contributed by atoms with Crippen LogP contribution < -0.4 is 21.7 Å². The van der Waals surface area contributed by atoms with Gasteiger partial charge in [0.05, 0.1) is 18.4 Å². The highest BCUT2D eigenvalue weighted by molar-refractivity contribution is 6.31. The number of amides is 3. The molecule has 9 nitrogen and oxygen atoms in total. The van der Waals surface area contributed by atoms with Crippen molar-refractivity contribution in [3.8, 4) is 0 Å². The summed E-state index contributed by atoms with van der Waals surface area (Å²) in [7, 11) is 0. The lowest BCUT2D eigenvalue weighted by atomic mass is 10.1. The number of carbonyl (C=O) groups excluding carboxylic acids is 3. The Morgan fingerprint density at radius 1 is 1.03 bits per heavy atom. The second-order valence-electron chi connectivity index (χ2n) is 7.93. The first-order valence-electron chi connectivity index (χ1n) is 11.7. The maximum Gasteiger partial charge on any atom is 0.251 e. The Hall–Kier alpha value is -4.24. The second-order valence-corrected chi connectivity index (χ2v) is 8.37. The number of hydrogen-bond acceptors (Lipinski definition) is 5. The number of aliphatic imine (C=N–C) groups is 1. The molecule has 0 aliphatic rings. The maximum atomic E-state index is 12.5. The molecule has 0 radical (unpaired) electrons. The third kappa shape index (κ3) is 10.1. The summed E-state index contributed by atoms with van der Waals surface area (Å²) in [6, 6.07) is 15.1. The van der Waals surface area contributed by atoms with E-state index in [1.54, 1.807) is 60.8 Å². The van der Waals surface area contributed by atoms with Gasteiger partial charge in [-0.05, 0) is 42.0 Å². The third-order valence-electron chi connectivity index (χ3n) is 4.59. The minimum Gasteiger partial charge on any atom is -0.383 e. The van der Waals surface area contributed by atoms with Gasteiger partial charge in [0.1, 0.15) is 5.84 Å². The first-order valence-corrected chi connectivity index (χ1v) is 12.1. The van der Waals surface area contributed by atoms with E-state index in [-0.39, 0.29) is 30.7 Å². The molecule has 0 aliphatic carbocycles. The molecule has 0 saturated carbocycles. The summed E-state index contributed by atoms with van der Waals surface area (Å²) in [6.07, 6.45) is 4.39. The molecule has 37 heavy (non-hydrogen) atoms. The molecule has 0 aliphatic heterocycles. The number of nitrogens with two attached hydrogens (primary N) is 1. The molecule has 2 aromatic carbocycles. The molecule has 0 unspecified atom stereocenters. The van der Waals surface area contributed by atoms with Crippen molar-refractivity contribution in [1.29, 1.82) is 0 Å². The highest BCUT2D eigenvalue weighted by Crippen LogP contribution is 2.19. The molecule has 0 fully saturated rings. The molecule has 3 aromatic rings. The van der Waals surface area contributed by atoms with Gasteiger partial charge in [-0.2, -0.15) is 4.99 Å². The number of halogens is 1. The molecule has 0 saturated heterocycles. The van der Waals surface area contributed by atoms with Gasteiger partial charge in [-0.3, -0.25) is 19.4 Å². The Morgan fingerprint density at radius 2 is 1.78 bits per heavy atom. The van der Waals surface area contributed by atoms with Crippen molar-refractivity contribution in [3.63, 3.8) is 0 Å². The van der Waals surface area contributed by atoms with E-state index in [1.165, 1.54) is 19.5 Å². The molecule has 0 spiro atoms. The zero-order valence-electron chi connectivity index (χ0n) is 21.0. The largest absolute Gasteiger partial charge is 0.383 e. The van der Waals surface area contributed by atoms with Crippen LogP contribution in [-0.2, 0) is 16.1 Å². The predicted octanol–water partition coefficient (Wildman–Crippen LogP) is 4.38. The molecular formula is C27H31ClN6O3. The van der Waals surface area contributed by atoms with Crippen molar-refractivity contribution >= 4 is 46.5 Å². The van der Waals surface area contributed by atoms with Gasteiger partial charge in [-0.25, -0.2) is 0 Å². The van der Waals surface area contributed by atoms with Gasteiger partial charge in [-0.15, -0.1) is 0 Å². The van der Waals surface area contributed by atoms with Gasteiger partial charge < -0.3 is 21.7 Å². The highest BCUT2D eigenvalue weighted by Gasteiger charge is 2.12. The summed E-state index contributed by atoms with van der Waals surface area (Å²) < 4.78 is 0. The van der Waals surface area contributed by atoms with E-state index in [0.717, 1.165) is 0 Å². The average molecular weight is 523 g/mol. The van der Waals surface area contributed by atoms with Crippen LogP contribution in [0.25, 0.3) is 0 Å². The van der Waals surface area contributed by atoms with Gasteiger partial charge in [0, 0.05) is 41.5 Å². The lowest BCUT2D eigenvalue weighted by Crippen LogP contribution is -2.25. The standard InChI is InChI=1S/C24H23ClN6O3.C3H8/c1-15(32)30-23(26)16-7-8-18(12-29-24(34)17-4-2-5-19(25)10-17)21(11-16)28-14-22(33)31-20-6-3-9-27-13-20;1-3-2/h2-11,13,28H,12,14H2,1H3,(H,29,34)(H,31,33)(H2,26,30,32);3H2,1-2H3. The number of aromatic nitrogens is 1. The van der Waals surface area contributed by atoms with Crippen molar-refractivity contribution in [1.82, 2.24) is 10.3 Å².